The van der Waals surface area contributed by atoms with Gasteiger partial charge in [0.15, 0.2) is 17.1 Å². The van der Waals surface area contributed by atoms with Crippen LogP contribution in [0.1, 0.15) is 31.7 Å². The van der Waals surface area contributed by atoms with Gasteiger partial charge in [-0.2, -0.15) is 0 Å². The Morgan fingerprint density at radius 3 is 2.95 bits per heavy atom. The Hall–Kier alpha value is -1.75. The third kappa shape index (κ3) is 2.83. The molecule has 21 heavy (non-hydrogen) atoms. The Bertz CT molecular complexity index is 535. The van der Waals surface area contributed by atoms with Gasteiger partial charge in [-0.15, -0.1) is 0 Å². The molecule has 0 saturated carbocycles. The summed E-state index contributed by atoms with van der Waals surface area (Å²) in [6.07, 6.45) is 2.65. The fourth-order valence-corrected chi connectivity index (χ4v) is 2.65. The van der Waals surface area contributed by atoms with Crippen LogP contribution < -0.4 is 9.47 Å². The minimum atomic E-state index is -0.250. The number of rotatable bonds is 5. The van der Waals surface area contributed by atoms with Crippen molar-refractivity contribution in [1.29, 1.82) is 0 Å². The fourth-order valence-electron chi connectivity index (χ4n) is 2.65. The van der Waals surface area contributed by atoms with Crippen molar-refractivity contribution in [2.24, 2.45) is 5.16 Å². The standard InChI is InChI=1S/C16H21NO4/c1-3-7-20-14-5-4-12(9-15(14)18-2)13-10-16(21-17-13)6-8-19-11-16/h4-5,9H,3,6-8,10-11H2,1-2H3. The molecule has 0 aromatic heterocycles. The summed E-state index contributed by atoms with van der Waals surface area (Å²) >= 11 is 0. The first kappa shape index (κ1) is 14.2. The van der Waals surface area contributed by atoms with E-state index in [1.807, 2.05) is 18.2 Å². The molecule has 0 aliphatic carbocycles. The van der Waals surface area contributed by atoms with Gasteiger partial charge < -0.3 is 19.0 Å². The smallest absolute Gasteiger partial charge is 0.168 e. The molecular weight excluding hydrogens is 270 g/mol. The molecule has 1 atom stereocenters. The van der Waals surface area contributed by atoms with Gasteiger partial charge in [0, 0.05) is 18.4 Å². The third-order valence-electron chi connectivity index (χ3n) is 3.86. The zero-order valence-corrected chi connectivity index (χ0v) is 12.6. The van der Waals surface area contributed by atoms with Gasteiger partial charge in [0.05, 0.1) is 32.6 Å². The Kier molecular flexibility index (Phi) is 4.01. The molecule has 2 heterocycles. The van der Waals surface area contributed by atoms with Crippen LogP contribution in [-0.4, -0.2) is 38.2 Å². The van der Waals surface area contributed by atoms with Gasteiger partial charge in [-0.1, -0.05) is 12.1 Å². The van der Waals surface area contributed by atoms with Crippen molar-refractivity contribution in [1.82, 2.24) is 0 Å². The summed E-state index contributed by atoms with van der Waals surface area (Å²) in [5.74, 6) is 1.49. The molecular formula is C16H21NO4. The predicted molar refractivity (Wildman–Crippen MR) is 79.2 cm³/mol. The Morgan fingerprint density at radius 2 is 2.24 bits per heavy atom. The highest BCUT2D eigenvalue weighted by atomic mass is 16.7. The van der Waals surface area contributed by atoms with Gasteiger partial charge in [-0.05, 0) is 24.6 Å². The second-order valence-corrected chi connectivity index (χ2v) is 5.51. The average molecular weight is 291 g/mol. The van der Waals surface area contributed by atoms with Crippen molar-refractivity contribution >= 4 is 5.71 Å². The van der Waals surface area contributed by atoms with Gasteiger partial charge >= 0.3 is 0 Å². The molecule has 2 aliphatic heterocycles. The minimum Gasteiger partial charge on any atom is -0.493 e. The van der Waals surface area contributed by atoms with Gasteiger partial charge in [0.2, 0.25) is 0 Å². The lowest BCUT2D eigenvalue weighted by Gasteiger charge is -2.17. The van der Waals surface area contributed by atoms with E-state index in [0.29, 0.717) is 13.2 Å². The first-order chi connectivity index (χ1) is 10.3. The maximum Gasteiger partial charge on any atom is 0.168 e. The highest BCUT2D eigenvalue weighted by Crippen LogP contribution is 2.36. The summed E-state index contributed by atoms with van der Waals surface area (Å²) < 4.78 is 16.5. The summed E-state index contributed by atoms with van der Waals surface area (Å²) in [6.45, 7) is 4.12. The Labute approximate surface area is 124 Å². The Balaban J connectivity index is 1.77. The topological polar surface area (TPSA) is 49.3 Å². The van der Waals surface area contributed by atoms with Gasteiger partial charge in [-0.3, -0.25) is 0 Å². The van der Waals surface area contributed by atoms with E-state index in [1.54, 1.807) is 7.11 Å². The SMILES string of the molecule is CCCOc1ccc(C2=NOC3(CCOC3)C2)cc1OC. The Morgan fingerprint density at radius 1 is 1.33 bits per heavy atom. The molecule has 1 fully saturated rings. The fraction of sp³-hybridized carbons (Fsp3) is 0.562. The lowest BCUT2D eigenvalue weighted by Crippen LogP contribution is -2.29. The molecule has 1 unspecified atom stereocenters. The molecule has 1 spiro atoms. The summed E-state index contributed by atoms with van der Waals surface area (Å²) in [4.78, 5) is 5.63. The number of benzene rings is 1. The average Bonchev–Trinajstić information content (AvgIpc) is 3.15. The molecule has 114 valence electrons. The van der Waals surface area contributed by atoms with Crippen LogP contribution in [0.25, 0.3) is 0 Å². The number of methoxy groups -OCH3 is 1. The highest BCUT2D eigenvalue weighted by molar-refractivity contribution is 6.02. The maximum atomic E-state index is 5.67. The largest absolute Gasteiger partial charge is 0.493 e. The third-order valence-corrected chi connectivity index (χ3v) is 3.86. The summed E-state index contributed by atoms with van der Waals surface area (Å²) in [5.41, 5.74) is 1.71. The van der Waals surface area contributed by atoms with Crippen molar-refractivity contribution < 1.29 is 19.0 Å². The number of hydrogen-bond donors (Lipinski definition) is 0. The maximum absolute atomic E-state index is 5.67. The first-order valence-electron chi connectivity index (χ1n) is 7.40. The van der Waals surface area contributed by atoms with Crippen LogP contribution in [0.15, 0.2) is 23.4 Å². The van der Waals surface area contributed by atoms with Crippen LogP contribution in [0, 0.1) is 0 Å². The zero-order valence-electron chi connectivity index (χ0n) is 12.6. The second-order valence-electron chi connectivity index (χ2n) is 5.51. The highest BCUT2D eigenvalue weighted by Gasteiger charge is 2.43. The van der Waals surface area contributed by atoms with Crippen LogP contribution >= 0.6 is 0 Å². The first-order valence-corrected chi connectivity index (χ1v) is 7.40. The van der Waals surface area contributed by atoms with E-state index in [-0.39, 0.29) is 5.60 Å². The molecule has 5 nitrogen and oxygen atoms in total. The molecule has 0 N–H and O–H groups in total. The quantitative estimate of drug-likeness (QED) is 0.837. The molecule has 2 aliphatic rings. The van der Waals surface area contributed by atoms with Crippen molar-refractivity contribution in [3.05, 3.63) is 23.8 Å². The number of nitrogens with zero attached hydrogens (tertiary/aromatic N) is 1. The molecule has 0 radical (unpaired) electrons. The van der Waals surface area contributed by atoms with E-state index in [0.717, 1.165) is 48.6 Å². The van der Waals surface area contributed by atoms with Crippen molar-refractivity contribution in [2.45, 2.75) is 31.8 Å². The molecule has 1 aromatic rings. The van der Waals surface area contributed by atoms with E-state index in [4.69, 9.17) is 19.0 Å². The summed E-state index contributed by atoms with van der Waals surface area (Å²) in [6, 6.07) is 5.90. The molecule has 1 saturated heterocycles. The normalized spacial score (nSPS) is 24.0. The van der Waals surface area contributed by atoms with Crippen LogP contribution in [0.5, 0.6) is 11.5 Å². The molecule has 5 heteroatoms. The summed E-state index contributed by atoms with van der Waals surface area (Å²) in [7, 11) is 1.65. The molecule has 1 aromatic carbocycles. The molecule has 0 amide bonds. The second kappa shape index (κ2) is 5.93. The van der Waals surface area contributed by atoms with Gasteiger partial charge in [-0.25, -0.2) is 0 Å². The van der Waals surface area contributed by atoms with Gasteiger partial charge in [0.1, 0.15) is 0 Å². The van der Waals surface area contributed by atoms with Crippen molar-refractivity contribution in [3.8, 4) is 11.5 Å². The lowest BCUT2D eigenvalue weighted by molar-refractivity contribution is -0.0237. The predicted octanol–water partition coefficient (Wildman–Crippen LogP) is 2.77. The zero-order chi connectivity index (χ0) is 14.7. The van der Waals surface area contributed by atoms with Crippen LogP contribution in [-0.2, 0) is 9.57 Å². The van der Waals surface area contributed by atoms with E-state index in [1.165, 1.54) is 0 Å². The van der Waals surface area contributed by atoms with E-state index < -0.39 is 0 Å². The van der Waals surface area contributed by atoms with Crippen LogP contribution in [0.4, 0.5) is 0 Å². The van der Waals surface area contributed by atoms with E-state index >= 15 is 0 Å². The lowest BCUT2D eigenvalue weighted by atomic mass is 9.93. The van der Waals surface area contributed by atoms with Gasteiger partial charge in [0.25, 0.3) is 0 Å². The monoisotopic (exact) mass is 291 g/mol. The summed E-state index contributed by atoms with van der Waals surface area (Å²) in [5, 5.41) is 4.25. The van der Waals surface area contributed by atoms with E-state index in [2.05, 4.69) is 12.1 Å². The molecule has 0 bridgehead atoms. The van der Waals surface area contributed by atoms with E-state index in [9.17, 15) is 0 Å². The number of ether oxygens (including phenoxy) is 3. The molecule has 3 rings (SSSR count). The number of hydrogen-bond acceptors (Lipinski definition) is 5. The van der Waals surface area contributed by atoms with Crippen molar-refractivity contribution in [2.75, 3.05) is 26.9 Å². The number of oxime groups is 1. The van der Waals surface area contributed by atoms with Crippen molar-refractivity contribution in [3.63, 3.8) is 0 Å². The van der Waals surface area contributed by atoms with Crippen LogP contribution in [0.2, 0.25) is 0 Å². The minimum absolute atomic E-state index is 0.250. The van der Waals surface area contributed by atoms with Crippen LogP contribution in [0.3, 0.4) is 0 Å².